The standard InChI is InChI=1S/C54H36N4S/c1-3-15-36(16-4-1)52-43-20-9-10-23-45(43)55-54(56-52)37-26-30-40(31-27-37)58-48-33-28-35-14-7-8-19-41(35)51(48)44-22-13-21-42(53(44)58)38-29-32-47-50(34-38)59-49-25-12-11-24-46(49)57(47)39-17-5-2-6-18-39/h1-34,43,45H. The minimum atomic E-state index is 0.0126. The van der Waals surface area contributed by atoms with Crippen molar-refractivity contribution >= 4 is 72.9 Å². The lowest BCUT2D eigenvalue weighted by atomic mass is 9.86. The van der Waals surface area contributed by atoms with E-state index >= 15 is 0 Å². The average Bonchev–Trinajstić information content (AvgIpc) is 3.66. The number of nitrogens with zero attached hydrogens (tertiary/aromatic N) is 4. The van der Waals surface area contributed by atoms with Crippen LogP contribution >= 0.6 is 11.8 Å². The first-order valence-electron chi connectivity index (χ1n) is 20.2. The number of benzene rings is 8. The van der Waals surface area contributed by atoms with Gasteiger partial charge in [0, 0.05) is 49.0 Å². The Kier molecular flexibility index (Phi) is 7.88. The summed E-state index contributed by atoms with van der Waals surface area (Å²) in [7, 11) is 0. The van der Waals surface area contributed by atoms with E-state index in [0.29, 0.717) is 0 Å². The number of amidine groups is 1. The van der Waals surface area contributed by atoms with E-state index < -0.39 is 0 Å². The topological polar surface area (TPSA) is 32.9 Å². The van der Waals surface area contributed by atoms with Crippen molar-refractivity contribution in [1.29, 1.82) is 0 Å². The zero-order valence-electron chi connectivity index (χ0n) is 32.0. The van der Waals surface area contributed by atoms with E-state index in [4.69, 9.17) is 9.98 Å². The number of hydrogen-bond donors (Lipinski definition) is 0. The number of para-hydroxylation sites is 3. The first-order valence-corrected chi connectivity index (χ1v) is 21.0. The molecule has 2 atom stereocenters. The number of aromatic nitrogens is 1. The molecule has 4 nitrogen and oxygen atoms in total. The van der Waals surface area contributed by atoms with Crippen molar-refractivity contribution in [3.8, 4) is 16.8 Å². The molecule has 5 heteroatoms. The van der Waals surface area contributed by atoms with Crippen LogP contribution in [0.1, 0.15) is 11.1 Å². The molecule has 0 spiro atoms. The highest BCUT2D eigenvalue weighted by atomic mass is 32.2. The SMILES string of the molecule is C1=CC2N=C(c3ccc(-n4c5ccc6ccccc6c5c5cccc(-c6ccc7c(c6)Sc6ccccc6N7c6ccccc6)c54)cc3)N=C(c3ccccc3)C2C=C1. The lowest BCUT2D eigenvalue weighted by molar-refractivity contribution is 0.709. The molecule has 59 heavy (non-hydrogen) atoms. The molecule has 0 saturated carbocycles. The predicted molar refractivity (Wildman–Crippen MR) is 248 cm³/mol. The van der Waals surface area contributed by atoms with Crippen molar-refractivity contribution in [1.82, 2.24) is 4.57 Å². The number of fused-ring (bicyclic) bond motifs is 8. The van der Waals surface area contributed by atoms with Crippen molar-refractivity contribution in [3.05, 3.63) is 217 Å². The number of anilines is 3. The Bertz CT molecular complexity index is 3250. The Hall–Kier alpha value is -7.21. The van der Waals surface area contributed by atoms with Crippen LogP contribution in [0.25, 0.3) is 49.4 Å². The van der Waals surface area contributed by atoms with Crippen LogP contribution in [0.15, 0.2) is 226 Å². The molecule has 0 saturated heterocycles. The van der Waals surface area contributed by atoms with Gasteiger partial charge < -0.3 is 9.47 Å². The summed E-state index contributed by atoms with van der Waals surface area (Å²) in [5, 5.41) is 4.98. The molecule has 12 rings (SSSR count). The summed E-state index contributed by atoms with van der Waals surface area (Å²) in [6.07, 6.45) is 8.63. The zero-order chi connectivity index (χ0) is 38.9. The quantitative estimate of drug-likeness (QED) is 0.175. The highest BCUT2D eigenvalue weighted by molar-refractivity contribution is 7.99. The summed E-state index contributed by atoms with van der Waals surface area (Å²) in [5.41, 5.74) is 12.6. The highest BCUT2D eigenvalue weighted by Gasteiger charge is 2.30. The van der Waals surface area contributed by atoms with E-state index in [1.165, 1.54) is 64.9 Å². The summed E-state index contributed by atoms with van der Waals surface area (Å²) >= 11 is 1.85. The Labute approximate surface area is 346 Å². The summed E-state index contributed by atoms with van der Waals surface area (Å²) < 4.78 is 2.46. The fraction of sp³-hybridized carbons (Fsp3) is 0.0370. The Morgan fingerprint density at radius 3 is 2.12 bits per heavy atom. The predicted octanol–water partition coefficient (Wildman–Crippen LogP) is 13.9. The Morgan fingerprint density at radius 2 is 1.24 bits per heavy atom. The molecular weight excluding hydrogens is 737 g/mol. The summed E-state index contributed by atoms with van der Waals surface area (Å²) in [4.78, 5) is 15.3. The van der Waals surface area contributed by atoms with Gasteiger partial charge in [0.1, 0.15) is 0 Å². The van der Waals surface area contributed by atoms with Crippen LogP contribution in [0.4, 0.5) is 17.1 Å². The van der Waals surface area contributed by atoms with Crippen LogP contribution in [0, 0.1) is 5.92 Å². The van der Waals surface area contributed by atoms with Crippen LogP contribution in [0.5, 0.6) is 0 Å². The van der Waals surface area contributed by atoms with Gasteiger partial charge in [-0.25, -0.2) is 4.99 Å². The van der Waals surface area contributed by atoms with Gasteiger partial charge in [0.25, 0.3) is 0 Å². The van der Waals surface area contributed by atoms with Crippen molar-refractivity contribution in [2.45, 2.75) is 15.8 Å². The van der Waals surface area contributed by atoms with Crippen molar-refractivity contribution < 1.29 is 0 Å². The molecule has 1 aliphatic carbocycles. The van der Waals surface area contributed by atoms with Crippen molar-refractivity contribution in [2.24, 2.45) is 15.9 Å². The van der Waals surface area contributed by atoms with Gasteiger partial charge in [-0.3, -0.25) is 4.99 Å². The van der Waals surface area contributed by atoms with Gasteiger partial charge in [0.15, 0.2) is 5.84 Å². The van der Waals surface area contributed by atoms with E-state index in [1.54, 1.807) is 0 Å². The molecule has 3 aliphatic rings. The van der Waals surface area contributed by atoms with Crippen molar-refractivity contribution in [2.75, 3.05) is 4.90 Å². The number of rotatable bonds is 5. The summed E-state index contributed by atoms with van der Waals surface area (Å²) in [5.74, 6) is 0.887. The van der Waals surface area contributed by atoms with Crippen LogP contribution in [0.2, 0.25) is 0 Å². The van der Waals surface area contributed by atoms with Gasteiger partial charge >= 0.3 is 0 Å². The minimum absolute atomic E-state index is 0.0126. The van der Waals surface area contributed by atoms with E-state index in [0.717, 1.165) is 34.0 Å². The summed E-state index contributed by atoms with van der Waals surface area (Å²) in [6.45, 7) is 0. The molecule has 0 fully saturated rings. The van der Waals surface area contributed by atoms with Gasteiger partial charge in [-0.05, 0) is 88.6 Å². The maximum Gasteiger partial charge on any atom is 0.155 e. The van der Waals surface area contributed by atoms with Gasteiger partial charge in [-0.15, -0.1) is 0 Å². The third-order valence-electron chi connectivity index (χ3n) is 11.9. The van der Waals surface area contributed by atoms with E-state index in [9.17, 15) is 0 Å². The smallest absolute Gasteiger partial charge is 0.155 e. The molecular formula is C54H36N4S. The Morgan fingerprint density at radius 1 is 0.508 bits per heavy atom. The minimum Gasteiger partial charge on any atom is -0.309 e. The second-order valence-electron chi connectivity index (χ2n) is 15.3. The van der Waals surface area contributed by atoms with Crippen LogP contribution in [-0.2, 0) is 0 Å². The third-order valence-corrected chi connectivity index (χ3v) is 13.0. The second-order valence-corrected chi connectivity index (χ2v) is 16.4. The maximum absolute atomic E-state index is 5.23. The Balaban J connectivity index is 1.03. The third kappa shape index (κ3) is 5.54. The molecule has 1 aromatic heterocycles. The van der Waals surface area contributed by atoms with Gasteiger partial charge in [-0.1, -0.05) is 151 Å². The largest absolute Gasteiger partial charge is 0.309 e. The molecule has 0 N–H and O–H groups in total. The maximum atomic E-state index is 5.23. The first kappa shape index (κ1) is 33.9. The van der Waals surface area contributed by atoms with E-state index in [2.05, 4.69) is 216 Å². The lowest BCUT2D eigenvalue weighted by Crippen LogP contribution is -2.31. The molecule has 2 aliphatic heterocycles. The van der Waals surface area contributed by atoms with E-state index in [-0.39, 0.29) is 12.0 Å². The van der Waals surface area contributed by atoms with Crippen LogP contribution in [-0.4, -0.2) is 22.2 Å². The highest BCUT2D eigenvalue weighted by Crippen LogP contribution is 2.52. The van der Waals surface area contributed by atoms with E-state index in [1.807, 2.05) is 11.8 Å². The molecule has 0 radical (unpaired) electrons. The molecule has 2 unspecified atom stereocenters. The molecule has 0 bridgehead atoms. The molecule has 8 aromatic carbocycles. The molecule has 278 valence electrons. The van der Waals surface area contributed by atoms with Gasteiger partial charge in [-0.2, -0.15) is 0 Å². The van der Waals surface area contributed by atoms with Gasteiger partial charge in [0.05, 0.1) is 34.2 Å². The number of hydrogen-bond acceptors (Lipinski definition) is 4. The number of aliphatic imine (C=N–C) groups is 2. The fourth-order valence-corrected chi connectivity index (χ4v) is 10.3. The average molecular weight is 773 g/mol. The first-order chi connectivity index (χ1) is 29.3. The number of allylic oxidation sites excluding steroid dienone is 2. The summed E-state index contributed by atoms with van der Waals surface area (Å²) in [6, 6.07) is 65.9. The normalized spacial score (nSPS) is 16.8. The van der Waals surface area contributed by atoms with Crippen molar-refractivity contribution in [3.63, 3.8) is 0 Å². The second kappa shape index (κ2) is 13.7. The van der Waals surface area contributed by atoms with Crippen LogP contribution in [0.3, 0.4) is 0 Å². The monoisotopic (exact) mass is 772 g/mol. The molecule has 9 aromatic rings. The zero-order valence-corrected chi connectivity index (χ0v) is 32.8. The van der Waals surface area contributed by atoms with Gasteiger partial charge in [0.2, 0.25) is 0 Å². The lowest BCUT2D eigenvalue weighted by Gasteiger charge is -2.33. The van der Waals surface area contributed by atoms with Crippen LogP contribution < -0.4 is 4.90 Å². The molecule has 3 heterocycles. The molecule has 0 amide bonds. The fourth-order valence-electron chi connectivity index (χ4n) is 9.21.